The van der Waals surface area contributed by atoms with Crippen LogP contribution in [-0.4, -0.2) is 37.2 Å². The van der Waals surface area contributed by atoms with Crippen molar-refractivity contribution < 1.29 is 28.6 Å². The van der Waals surface area contributed by atoms with Gasteiger partial charge in [0.25, 0.3) is 0 Å². The van der Waals surface area contributed by atoms with E-state index in [0.717, 1.165) is 64.2 Å². The van der Waals surface area contributed by atoms with Crippen molar-refractivity contribution in [3.8, 4) is 0 Å². The number of hydrogen-bond donors (Lipinski definition) is 0. The van der Waals surface area contributed by atoms with Gasteiger partial charge in [-0.15, -0.1) is 0 Å². The third-order valence-electron chi connectivity index (χ3n) is 14.1. The first-order chi connectivity index (χ1) is 35.0. The molecule has 6 heteroatoms. The van der Waals surface area contributed by atoms with Crippen LogP contribution in [0.25, 0.3) is 0 Å². The molecular formula is C65H120O6. The van der Waals surface area contributed by atoms with E-state index in [9.17, 15) is 14.4 Å². The van der Waals surface area contributed by atoms with Gasteiger partial charge in [0.05, 0.1) is 0 Å². The molecule has 6 nitrogen and oxygen atoms in total. The van der Waals surface area contributed by atoms with Crippen molar-refractivity contribution in [2.45, 2.75) is 348 Å². The Bertz CT molecular complexity index is 1190. The molecule has 0 saturated carbocycles. The summed E-state index contributed by atoms with van der Waals surface area (Å²) >= 11 is 0. The van der Waals surface area contributed by atoms with Crippen molar-refractivity contribution in [2.75, 3.05) is 13.2 Å². The van der Waals surface area contributed by atoms with Gasteiger partial charge in [0.1, 0.15) is 13.2 Å². The first-order valence-corrected chi connectivity index (χ1v) is 31.5. The maximum atomic E-state index is 12.9. The quantitative estimate of drug-likeness (QED) is 0.0261. The molecule has 0 aliphatic heterocycles. The number of esters is 3. The number of carbonyl (C=O) groups is 3. The molecule has 0 heterocycles. The number of hydrogen-bond acceptors (Lipinski definition) is 6. The van der Waals surface area contributed by atoms with E-state index < -0.39 is 6.10 Å². The Balaban J connectivity index is 4.34. The lowest BCUT2D eigenvalue weighted by atomic mass is 10.1. The molecule has 0 rings (SSSR count). The smallest absolute Gasteiger partial charge is 0.306 e. The number of carbonyl (C=O) groups excluding carboxylic acids is 3. The molecule has 0 N–H and O–H groups in total. The van der Waals surface area contributed by atoms with E-state index >= 15 is 0 Å². The van der Waals surface area contributed by atoms with Gasteiger partial charge in [-0.3, -0.25) is 14.4 Å². The average molecular weight is 998 g/mol. The van der Waals surface area contributed by atoms with E-state index in [4.69, 9.17) is 14.2 Å². The highest BCUT2D eigenvalue weighted by molar-refractivity contribution is 5.71. The van der Waals surface area contributed by atoms with E-state index in [1.165, 1.54) is 238 Å². The highest BCUT2D eigenvalue weighted by Gasteiger charge is 2.19. The molecule has 0 bridgehead atoms. The fraction of sp³-hybridized carbons (Fsp3) is 0.862. The van der Waals surface area contributed by atoms with Gasteiger partial charge in [0.2, 0.25) is 0 Å². The molecule has 0 amide bonds. The van der Waals surface area contributed by atoms with Gasteiger partial charge in [0, 0.05) is 19.3 Å². The number of unbranched alkanes of at least 4 members (excludes halogenated alkanes) is 41. The van der Waals surface area contributed by atoms with Gasteiger partial charge < -0.3 is 14.2 Å². The van der Waals surface area contributed by atoms with Gasteiger partial charge in [-0.05, 0) is 96.3 Å². The van der Waals surface area contributed by atoms with Crippen molar-refractivity contribution >= 4 is 17.9 Å². The lowest BCUT2D eigenvalue weighted by molar-refractivity contribution is -0.167. The standard InChI is InChI=1S/C65H120O6/c1-4-7-10-13-16-19-22-25-28-30-32-34-37-40-43-46-49-52-55-58-64(67)70-61-62(60-69-63(66)57-54-51-48-45-42-39-36-27-24-21-18-15-12-9-6-3)71-65(68)59-56-53-50-47-44-41-38-35-33-31-29-26-23-20-17-14-11-8-5-2/h25-29,36,62H,4-24,30-35,37-61H2,1-3H3/b28-25-,29-26-,36-27-/t62-/m0/s1. The van der Waals surface area contributed by atoms with Crippen LogP contribution in [0.3, 0.4) is 0 Å². The zero-order valence-corrected chi connectivity index (χ0v) is 47.8. The van der Waals surface area contributed by atoms with E-state index in [0.29, 0.717) is 19.3 Å². The average Bonchev–Trinajstić information content (AvgIpc) is 3.37. The van der Waals surface area contributed by atoms with Crippen LogP contribution in [0.4, 0.5) is 0 Å². The number of allylic oxidation sites excluding steroid dienone is 6. The van der Waals surface area contributed by atoms with Gasteiger partial charge in [-0.25, -0.2) is 0 Å². The summed E-state index contributed by atoms with van der Waals surface area (Å²) in [5, 5.41) is 0. The summed E-state index contributed by atoms with van der Waals surface area (Å²) in [7, 11) is 0. The van der Waals surface area contributed by atoms with Crippen LogP contribution >= 0.6 is 0 Å². The lowest BCUT2D eigenvalue weighted by Gasteiger charge is -2.18. The Morgan fingerprint density at radius 3 is 0.704 bits per heavy atom. The molecule has 0 fully saturated rings. The summed E-state index contributed by atoms with van der Waals surface area (Å²) in [6.45, 7) is 6.67. The second kappa shape index (κ2) is 60.2. The lowest BCUT2D eigenvalue weighted by Crippen LogP contribution is -2.30. The number of rotatable bonds is 58. The molecule has 0 aromatic heterocycles. The largest absolute Gasteiger partial charge is 0.462 e. The molecule has 0 aromatic carbocycles. The minimum absolute atomic E-state index is 0.0738. The van der Waals surface area contributed by atoms with Crippen LogP contribution in [0.5, 0.6) is 0 Å². The van der Waals surface area contributed by atoms with Crippen LogP contribution in [-0.2, 0) is 28.6 Å². The molecule has 0 spiro atoms. The summed E-state index contributed by atoms with van der Waals surface area (Å²) in [6, 6.07) is 0. The van der Waals surface area contributed by atoms with E-state index in [1.807, 2.05) is 0 Å². The number of ether oxygens (including phenoxy) is 3. The molecular weight excluding hydrogens is 877 g/mol. The molecule has 0 unspecified atom stereocenters. The maximum absolute atomic E-state index is 12.9. The van der Waals surface area contributed by atoms with Crippen molar-refractivity contribution in [1.82, 2.24) is 0 Å². The van der Waals surface area contributed by atoms with Crippen LogP contribution in [0, 0.1) is 0 Å². The first kappa shape index (κ1) is 68.6. The van der Waals surface area contributed by atoms with Gasteiger partial charge in [-0.2, -0.15) is 0 Å². The first-order valence-electron chi connectivity index (χ1n) is 31.5. The summed E-state index contributed by atoms with van der Waals surface area (Å²) in [5.41, 5.74) is 0. The highest BCUT2D eigenvalue weighted by Crippen LogP contribution is 2.16. The Morgan fingerprint density at radius 1 is 0.268 bits per heavy atom. The topological polar surface area (TPSA) is 78.9 Å². The zero-order valence-electron chi connectivity index (χ0n) is 47.8. The van der Waals surface area contributed by atoms with Crippen LogP contribution < -0.4 is 0 Å². The fourth-order valence-corrected chi connectivity index (χ4v) is 9.31. The SMILES string of the molecule is CCCCCCCC/C=C\CCCCCCCCCCCC(=O)OC[C@H](COC(=O)CCCCCCC/C=C\CCCCCCCC)OC(=O)CCCCCCCCCCC/C=C\CCCCCCCC. The molecule has 0 saturated heterocycles. The van der Waals surface area contributed by atoms with Crippen molar-refractivity contribution in [3.05, 3.63) is 36.5 Å². The van der Waals surface area contributed by atoms with E-state index in [-0.39, 0.29) is 31.1 Å². The summed E-state index contributed by atoms with van der Waals surface area (Å²) < 4.78 is 16.9. The van der Waals surface area contributed by atoms with Crippen molar-refractivity contribution in [2.24, 2.45) is 0 Å². The Labute approximate surface area is 442 Å². The third-order valence-corrected chi connectivity index (χ3v) is 14.1. The van der Waals surface area contributed by atoms with Crippen LogP contribution in [0.2, 0.25) is 0 Å². The van der Waals surface area contributed by atoms with Crippen molar-refractivity contribution in [1.29, 1.82) is 0 Å². The Hall–Kier alpha value is -2.37. The highest BCUT2D eigenvalue weighted by atomic mass is 16.6. The molecule has 71 heavy (non-hydrogen) atoms. The fourth-order valence-electron chi connectivity index (χ4n) is 9.31. The van der Waals surface area contributed by atoms with Crippen LogP contribution in [0.1, 0.15) is 342 Å². The predicted octanol–water partition coefficient (Wildman–Crippen LogP) is 21.2. The summed E-state index contributed by atoms with van der Waals surface area (Å²) in [5.74, 6) is -0.866. The summed E-state index contributed by atoms with van der Waals surface area (Å²) in [6.07, 6.45) is 72.8. The minimum atomic E-state index is -0.776. The van der Waals surface area contributed by atoms with Crippen molar-refractivity contribution in [3.63, 3.8) is 0 Å². The molecule has 416 valence electrons. The summed E-state index contributed by atoms with van der Waals surface area (Å²) in [4.78, 5) is 38.3. The molecule has 0 aliphatic rings. The minimum Gasteiger partial charge on any atom is -0.462 e. The zero-order chi connectivity index (χ0) is 51.4. The monoisotopic (exact) mass is 997 g/mol. The molecule has 0 aliphatic carbocycles. The van der Waals surface area contributed by atoms with Gasteiger partial charge >= 0.3 is 17.9 Å². The normalized spacial score (nSPS) is 12.2. The molecule has 0 aromatic rings. The predicted molar refractivity (Wildman–Crippen MR) is 307 cm³/mol. The van der Waals surface area contributed by atoms with E-state index in [1.54, 1.807) is 0 Å². The Kier molecular flexibility index (Phi) is 58.2. The second-order valence-corrected chi connectivity index (χ2v) is 21.3. The molecule has 1 atom stereocenters. The van der Waals surface area contributed by atoms with E-state index in [2.05, 4.69) is 57.2 Å². The second-order valence-electron chi connectivity index (χ2n) is 21.3. The molecule has 0 radical (unpaired) electrons. The Morgan fingerprint density at radius 2 is 0.465 bits per heavy atom. The van der Waals surface area contributed by atoms with Crippen LogP contribution in [0.15, 0.2) is 36.5 Å². The maximum Gasteiger partial charge on any atom is 0.306 e. The van der Waals surface area contributed by atoms with Gasteiger partial charge in [0.15, 0.2) is 6.10 Å². The third kappa shape index (κ3) is 58.4. The van der Waals surface area contributed by atoms with Gasteiger partial charge in [-0.1, -0.05) is 263 Å².